The van der Waals surface area contributed by atoms with Gasteiger partial charge in [0.25, 0.3) is 0 Å². The molecule has 0 spiro atoms. The fourth-order valence-electron chi connectivity index (χ4n) is 1.98. The fourth-order valence-corrected chi connectivity index (χ4v) is 1.98. The molecule has 0 amide bonds. The maximum atomic E-state index is 10.9. The zero-order chi connectivity index (χ0) is 11.3. The number of carboxylic acids is 1. The molecule has 82 valence electrons. The van der Waals surface area contributed by atoms with Gasteiger partial charge >= 0.3 is 5.97 Å². The van der Waals surface area contributed by atoms with Crippen molar-refractivity contribution in [3.63, 3.8) is 0 Å². The molecule has 0 saturated carbocycles. The Morgan fingerprint density at radius 1 is 1.47 bits per heavy atom. The molecule has 0 aliphatic rings. The van der Waals surface area contributed by atoms with Crippen LogP contribution in [0.15, 0.2) is 24.5 Å². The SMILES string of the molecule is CCC(CC)(CC(=O)O)c1cccnc1. The number of hydrogen-bond donors (Lipinski definition) is 1. The third-order valence-electron chi connectivity index (χ3n) is 3.12. The summed E-state index contributed by atoms with van der Waals surface area (Å²) in [7, 11) is 0. The molecule has 1 aromatic heterocycles. The minimum atomic E-state index is -0.748. The summed E-state index contributed by atoms with van der Waals surface area (Å²) in [6, 6.07) is 3.82. The molecule has 0 bridgehead atoms. The third kappa shape index (κ3) is 2.55. The van der Waals surface area contributed by atoms with Crippen LogP contribution in [0.5, 0.6) is 0 Å². The lowest BCUT2D eigenvalue weighted by Gasteiger charge is -2.30. The summed E-state index contributed by atoms with van der Waals surface area (Å²) in [5, 5.41) is 8.95. The minimum absolute atomic E-state index is 0.172. The van der Waals surface area contributed by atoms with Gasteiger partial charge < -0.3 is 5.11 Å². The average molecular weight is 207 g/mol. The lowest BCUT2D eigenvalue weighted by molar-refractivity contribution is -0.138. The highest BCUT2D eigenvalue weighted by molar-refractivity contribution is 5.69. The Labute approximate surface area is 90.2 Å². The van der Waals surface area contributed by atoms with Crippen molar-refractivity contribution in [1.29, 1.82) is 0 Å². The van der Waals surface area contributed by atoms with E-state index in [4.69, 9.17) is 5.11 Å². The molecule has 0 unspecified atom stereocenters. The fraction of sp³-hybridized carbons (Fsp3) is 0.500. The lowest BCUT2D eigenvalue weighted by Crippen LogP contribution is -2.28. The van der Waals surface area contributed by atoms with E-state index in [1.54, 1.807) is 12.4 Å². The number of carbonyl (C=O) groups is 1. The van der Waals surface area contributed by atoms with Crippen LogP contribution in [0.4, 0.5) is 0 Å². The molecular weight excluding hydrogens is 190 g/mol. The van der Waals surface area contributed by atoms with Gasteiger partial charge in [0.2, 0.25) is 0 Å². The summed E-state index contributed by atoms with van der Waals surface area (Å²) in [6.07, 6.45) is 5.30. The maximum Gasteiger partial charge on any atom is 0.304 e. The Morgan fingerprint density at radius 3 is 2.53 bits per heavy atom. The van der Waals surface area contributed by atoms with Crippen LogP contribution in [0.25, 0.3) is 0 Å². The minimum Gasteiger partial charge on any atom is -0.481 e. The molecular formula is C12H17NO2. The summed E-state index contributed by atoms with van der Waals surface area (Å²) in [6.45, 7) is 4.05. The first kappa shape index (κ1) is 11.7. The number of aliphatic carboxylic acids is 1. The molecule has 0 radical (unpaired) electrons. The summed E-state index contributed by atoms with van der Waals surface area (Å²) in [4.78, 5) is 14.9. The molecule has 0 atom stereocenters. The van der Waals surface area contributed by atoms with Gasteiger partial charge in [-0.05, 0) is 24.5 Å². The van der Waals surface area contributed by atoms with Crippen molar-refractivity contribution in [2.45, 2.75) is 38.5 Å². The lowest BCUT2D eigenvalue weighted by atomic mass is 9.74. The van der Waals surface area contributed by atoms with Crippen LogP contribution >= 0.6 is 0 Å². The Balaban J connectivity index is 3.05. The summed E-state index contributed by atoms with van der Waals surface area (Å²) < 4.78 is 0. The molecule has 0 fully saturated rings. The predicted molar refractivity (Wildman–Crippen MR) is 58.7 cm³/mol. The highest BCUT2D eigenvalue weighted by Gasteiger charge is 2.31. The van der Waals surface area contributed by atoms with E-state index >= 15 is 0 Å². The van der Waals surface area contributed by atoms with Crippen LogP contribution in [0.3, 0.4) is 0 Å². The van der Waals surface area contributed by atoms with Crippen molar-refractivity contribution in [2.24, 2.45) is 0 Å². The van der Waals surface area contributed by atoms with Gasteiger partial charge in [0.1, 0.15) is 0 Å². The van der Waals surface area contributed by atoms with Crippen molar-refractivity contribution in [1.82, 2.24) is 4.98 Å². The molecule has 0 saturated heterocycles. The van der Waals surface area contributed by atoms with Gasteiger partial charge in [-0.15, -0.1) is 0 Å². The van der Waals surface area contributed by atoms with E-state index in [-0.39, 0.29) is 11.8 Å². The van der Waals surface area contributed by atoms with E-state index < -0.39 is 5.97 Å². The molecule has 3 nitrogen and oxygen atoms in total. The van der Waals surface area contributed by atoms with E-state index in [0.717, 1.165) is 18.4 Å². The van der Waals surface area contributed by atoms with Crippen LogP contribution in [-0.2, 0) is 10.2 Å². The Hall–Kier alpha value is -1.38. The summed E-state index contributed by atoms with van der Waals surface area (Å²) in [5.74, 6) is -0.748. The maximum absolute atomic E-state index is 10.9. The number of pyridine rings is 1. The second kappa shape index (κ2) is 4.91. The van der Waals surface area contributed by atoms with Crippen molar-refractivity contribution in [3.8, 4) is 0 Å². The molecule has 15 heavy (non-hydrogen) atoms. The molecule has 0 aromatic carbocycles. The molecule has 3 heteroatoms. The first-order valence-electron chi connectivity index (χ1n) is 5.27. The van der Waals surface area contributed by atoms with Gasteiger partial charge in [-0.3, -0.25) is 9.78 Å². The summed E-state index contributed by atoms with van der Waals surface area (Å²) in [5.41, 5.74) is 0.762. The van der Waals surface area contributed by atoms with Gasteiger partial charge in [-0.25, -0.2) is 0 Å². The second-order valence-electron chi connectivity index (χ2n) is 3.80. The van der Waals surface area contributed by atoms with Gasteiger partial charge in [-0.1, -0.05) is 19.9 Å². The smallest absolute Gasteiger partial charge is 0.304 e. The molecule has 1 N–H and O–H groups in total. The van der Waals surface area contributed by atoms with Crippen LogP contribution in [0, 0.1) is 0 Å². The topological polar surface area (TPSA) is 50.2 Å². The Morgan fingerprint density at radius 2 is 2.13 bits per heavy atom. The van der Waals surface area contributed by atoms with Gasteiger partial charge in [0, 0.05) is 17.8 Å². The second-order valence-corrected chi connectivity index (χ2v) is 3.80. The van der Waals surface area contributed by atoms with Gasteiger partial charge in [0.05, 0.1) is 6.42 Å². The molecule has 0 aliphatic heterocycles. The zero-order valence-corrected chi connectivity index (χ0v) is 9.23. The van der Waals surface area contributed by atoms with Crippen LogP contribution in [0.2, 0.25) is 0 Å². The quantitative estimate of drug-likeness (QED) is 0.807. The zero-order valence-electron chi connectivity index (χ0n) is 9.23. The van der Waals surface area contributed by atoms with Crippen LogP contribution in [-0.4, -0.2) is 16.1 Å². The molecule has 1 rings (SSSR count). The van der Waals surface area contributed by atoms with Crippen LogP contribution < -0.4 is 0 Å². The Kier molecular flexibility index (Phi) is 3.83. The molecule has 0 aliphatic carbocycles. The number of aromatic nitrogens is 1. The Bertz CT molecular complexity index is 318. The van der Waals surface area contributed by atoms with E-state index in [1.165, 1.54) is 0 Å². The van der Waals surface area contributed by atoms with Gasteiger partial charge in [0.15, 0.2) is 0 Å². The van der Waals surface area contributed by atoms with Gasteiger partial charge in [-0.2, -0.15) is 0 Å². The van der Waals surface area contributed by atoms with E-state index in [9.17, 15) is 4.79 Å². The normalized spacial score (nSPS) is 11.3. The van der Waals surface area contributed by atoms with Crippen molar-refractivity contribution >= 4 is 5.97 Å². The highest BCUT2D eigenvalue weighted by Crippen LogP contribution is 2.34. The molecule has 1 aromatic rings. The number of carboxylic acid groups (broad SMARTS) is 1. The molecule has 1 heterocycles. The number of hydrogen-bond acceptors (Lipinski definition) is 2. The standard InChI is InChI=1S/C12H17NO2/c1-3-12(4-2,8-11(14)15)10-6-5-7-13-9-10/h5-7,9H,3-4,8H2,1-2H3,(H,14,15). The average Bonchev–Trinajstić information content (AvgIpc) is 2.27. The van der Waals surface area contributed by atoms with Crippen molar-refractivity contribution in [3.05, 3.63) is 30.1 Å². The highest BCUT2D eigenvalue weighted by atomic mass is 16.4. The largest absolute Gasteiger partial charge is 0.481 e. The monoisotopic (exact) mass is 207 g/mol. The predicted octanol–water partition coefficient (Wildman–Crippen LogP) is 2.61. The van der Waals surface area contributed by atoms with E-state index in [1.807, 2.05) is 26.0 Å². The first-order chi connectivity index (χ1) is 7.14. The van der Waals surface area contributed by atoms with Crippen molar-refractivity contribution in [2.75, 3.05) is 0 Å². The third-order valence-corrected chi connectivity index (χ3v) is 3.12. The van der Waals surface area contributed by atoms with E-state index in [2.05, 4.69) is 4.98 Å². The van der Waals surface area contributed by atoms with E-state index in [0.29, 0.717) is 0 Å². The number of nitrogens with zero attached hydrogens (tertiary/aromatic N) is 1. The van der Waals surface area contributed by atoms with Crippen LogP contribution in [0.1, 0.15) is 38.7 Å². The number of rotatable bonds is 5. The van der Waals surface area contributed by atoms with Crippen molar-refractivity contribution < 1.29 is 9.90 Å². The summed E-state index contributed by atoms with van der Waals surface area (Å²) >= 11 is 0. The first-order valence-corrected chi connectivity index (χ1v) is 5.27.